The molecule has 4 nitrogen and oxygen atoms in total. The number of carbonyl (C=O) groups is 1. The largest absolute Gasteiger partial charge is 0.484 e. The fourth-order valence-electron chi connectivity index (χ4n) is 3.29. The number of anilines is 1. The summed E-state index contributed by atoms with van der Waals surface area (Å²) in [6.07, 6.45) is 12.5. The number of fused-ring (bicyclic) bond motifs is 1. The fraction of sp³-hybridized carbons (Fsp3) is 0.524. The van der Waals surface area contributed by atoms with E-state index in [1.165, 1.54) is 61.9 Å². The van der Waals surface area contributed by atoms with Crippen LogP contribution in [0, 0.1) is 0 Å². The third-order valence-electron chi connectivity index (χ3n) is 4.71. The van der Waals surface area contributed by atoms with Crippen LogP contribution >= 0.6 is 11.3 Å². The van der Waals surface area contributed by atoms with E-state index in [-0.39, 0.29) is 12.5 Å². The molecule has 1 heterocycles. The Balaban J connectivity index is 1.56. The molecular weight excluding hydrogens is 344 g/mol. The van der Waals surface area contributed by atoms with Gasteiger partial charge in [0.2, 0.25) is 0 Å². The first-order chi connectivity index (χ1) is 12.8. The van der Waals surface area contributed by atoms with E-state index >= 15 is 0 Å². The average Bonchev–Trinajstić information content (AvgIpc) is 3.02. The molecule has 0 saturated heterocycles. The number of thiazole rings is 1. The smallest absolute Gasteiger partial charge is 0.264 e. The number of aryl methyl sites for hydroxylation is 2. The average molecular weight is 373 g/mol. The standard InChI is InChI=1S/C21H28N2O2S/c24-20(16-25-17-12-8-7-9-13-17)23-21-22-18-14-10-5-3-1-2-4-6-11-15-19(18)26-21/h7-9,12-13H,1-6,10-11,14-16H2,(H,22,23,24). The van der Waals surface area contributed by atoms with E-state index < -0.39 is 0 Å². The van der Waals surface area contributed by atoms with Crippen molar-refractivity contribution in [2.75, 3.05) is 11.9 Å². The van der Waals surface area contributed by atoms with E-state index in [1.54, 1.807) is 11.3 Å². The van der Waals surface area contributed by atoms with Crippen LogP contribution in [-0.2, 0) is 17.6 Å². The van der Waals surface area contributed by atoms with E-state index in [2.05, 4.69) is 5.32 Å². The monoisotopic (exact) mass is 372 g/mol. The molecule has 1 N–H and O–H groups in total. The molecule has 1 amide bonds. The predicted molar refractivity (Wildman–Crippen MR) is 107 cm³/mol. The normalized spacial score (nSPS) is 16.0. The van der Waals surface area contributed by atoms with Crippen molar-refractivity contribution >= 4 is 22.4 Å². The number of rotatable bonds is 4. The minimum absolute atomic E-state index is 0.00819. The number of amides is 1. The Bertz CT molecular complexity index is 655. The lowest BCUT2D eigenvalue weighted by Gasteiger charge is -2.06. The number of ether oxygens (including phenoxy) is 1. The van der Waals surface area contributed by atoms with Crippen LogP contribution in [0.1, 0.15) is 61.9 Å². The van der Waals surface area contributed by atoms with Crippen molar-refractivity contribution in [2.24, 2.45) is 0 Å². The Labute approximate surface area is 160 Å². The number of benzene rings is 1. The molecular formula is C21H28N2O2S. The number of carbonyl (C=O) groups excluding carboxylic acids is 1. The van der Waals surface area contributed by atoms with Gasteiger partial charge in [-0.25, -0.2) is 4.98 Å². The summed E-state index contributed by atoms with van der Waals surface area (Å²) in [5.41, 5.74) is 1.19. The lowest BCUT2D eigenvalue weighted by atomic mass is 10.0. The number of nitrogens with one attached hydrogen (secondary N) is 1. The molecule has 0 saturated carbocycles. The number of aromatic nitrogens is 1. The fourth-order valence-corrected chi connectivity index (χ4v) is 4.35. The molecule has 0 atom stereocenters. The van der Waals surface area contributed by atoms with Gasteiger partial charge in [-0.05, 0) is 37.8 Å². The Morgan fingerprint density at radius 2 is 1.62 bits per heavy atom. The number of hydrogen-bond donors (Lipinski definition) is 1. The van der Waals surface area contributed by atoms with Crippen molar-refractivity contribution in [2.45, 2.75) is 64.2 Å². The van der Waals surface area contributed by atoms with Crippen molar-refractivity contribution in [1.29, 1.82) is 0 Å². The number of hydrogen-bond acceptors (Lipinski definition) is 4. The molecule has 0 fully saturated rings. The third kappa shape index (κ3) is 6.13. The van der Waals surface area contributed by atoms with Gasteiger partial charge in [0.15, 0.2) is 11.7 Å². The van der Waals surface area contributed by atoms with Crippen LogP contribution in [0.3, 0.4) is 0 Å². The Hall–Kier alpha value is -1.88. The molecule has 1 aliphatic rings. The first-order valence-electron chi connectivity index (χ1n) is 9.77. The van der Waals surface area contributed by atoms with Crippen LogP contribution in [0.2, 0.25) is 0 Å². The molecule has 0 radical (unpaired) electrons. The summed E-state index contributed by atoms with van der Waals surface area (Å²) < 4.78 is 5.51. The zero-order valence-corrected chi connectivity index (χ0v) is 16.2. The van der Waals surface area contributed by atoms with E-state index in [0.29, 0.717) is 10.9 Å². The lowest BCUT2D eigenvalue weighted by molar-refractivity contribution is -0.118. The zero-order chi connectivity index (χ0) is 18.0. The van der Waals surface area contributed by atoms with Crippen LogP contribution < -0.4 is 10.1 Å². The van der Waals surface area contributed by atoms with Gasteiger partial charge >= 0.3 is 0 Å². The molecule has 0 spiro atoms. The SMILES string of the molecule is O=C(COc1ccccc1)Nc1nc2c(s1)CCCCCCCCCC2. The Morgan fingerprint density at radius 3 is 2.35 bits per heavy atom. The van der Waals surface area contributed by atoms with Gasteiger partial charge in [0.1, 0.15) is 5.75 Å². The van der Waals surface area contributed by atoms with Gasteiger partial charge in [0.05, 0.1) is 5.69 Å². The molecule has 1 aliphatic carbocycles. The summed E-state index contributed by atoms with van der Waals surface area (Å²) in [6, 6.07) is 9.40. The maximum atomic E-state index is 12.2. The van der Waals surface area contributed by atoms with Gasteiger partial charge < -0.3 is 4.74 Å². The van der Waals surface area contributed by atoms with Crippen molar-refractivity contribution in [3.63, 3.8) is 0 Å². The second-order valence-corrected chi connectivity index (χ2v) is 7.95. The Kier molecular flexibility index (Phi) is 7.50. The van der Waals surface area contributed by atoms with E-state index in [9.17, 15) is 4.79 Å². The minimum atomic E-state index is -0.154. The molecule has 5 heteroatoms. The van der Waals surface area contributed by atoms with Crippen LogP contribution in [0.25, 0.3) is 0 Å². The highest BCUT2D eigenvalue weighted by Gasteiger charge is 2.14. The Morgan fingerprint density at radius 1 is 0.962 bits per heavy atom. The maximum Gasteiger partial charge on any atom is 0.264 e. The maximum absolute atomic E-state index is 12.2. The summed E-state index contributed by atoms with van der Waals surface area (Å²) in [5.74, 6) is 0.548. The number of para-hydroxylation sites is 1. The zero-order valence-electron chi connectivity index (χ0n) is 15.3. The van der Waals surface area contributed by atoms with Gasteiger partial charge in [-0.2, -0.15) is 0 Å². The second kappa shape index (κ2) is 10.3. The minimum Gasteiger partial charge on any atom is -0.484 e. The van der Waals surface area contributed by atoms with E-state index in [1.807, 2.05) is 30.3 Å². The van der Waals surface area contributed by atoms with Crippen molar-refractivity contribution in [3.05, 3.63) is 40.9 Å². The topological polar surface area (TPSA) is 51.2 Å². The summed E-state index contributed by atoms with van der Waals surface area (Å²) in [4.78, 5) is 18.2. The van der Waals surface area contributed by atoms with Crippen molar-refractivity contribution in [3.8, 4) is 5.75 Å². The number of nitrogens with zero attached hydrogens (tertiary/aromatic N) is 1. The van der Waals surface area contributed by atoms with Crippen LogP contribution in [-0.4, -0.2) is 17.5 Å². The van der Waals surface area contributed by atoms with Gasteiger partial charge in [-0.1, -0.05) is 56.7 Å². The summed E-state index contributed by atoms with van der Waals surface area (Å²) in [5, 5.41) is 3.62. The van der Waals surface area contributed by atoms with Gasteiger partial charge in [-0.15, -0.1) is 11.3 Å². The summed E-state index contributed by atoms with van der Waals surface area (Å²) >= 11 is 1.64. The second-order valence-electron chi connectivity index (χ2n) is 6.87. The first kappa shape index (κ1) is 18.9. The van der Waals surface area contributed by atoms with Crippen LogP contribution in [0.4, 0.5) is 5.13 Å². The molecule has 2 aromatic rings. The highest BCUT2D eigenvalue weighted by molar-refractivity contribution is 7.15. The van der Waals surface area contributed by atoms with Gasteiger partial charge in [0.25, 0.3) is 5.91 Å². The molecule has 140 valence electrons. The highest BCUT2D eigenvalue weighted by Crippen LogP contribution is 2.27. The van der Waals surface area contributed by atoms with Crippen LogP contribution in [0.15, 0.2) is 30.3 Å². The molecule has 1 aromatic carbocycles. The first-order valence-corrected chi connectivity index (χ1v) is 10.6. The molecule has 0 aliphatic heterocycles. The van der Waals surface area contributed by atoms with Crippen molar-refractivity contribution < 1.29 is 9.53 Å². The van der Waals surface area contributed by atoms with Gasteiger partial charge in [-0.3, -0.25) is 10.1 Å². The van der Waals surface area contributed by atoms with Crippen molar-refractivity contribution in [1.82, 2.24) is 4.98 Å². The van der Waals surface area contributed by atoms with E-state index in [0.717, 1.165) is 12.8 Å². The van der Waals surface area contributed by atoms with E-state index in [4.69, 9.17) is 9.72 Å². The molecule has 26 heavy (non-hydrogen) atoms. The summed E-state index contributed by atoms with van der Waals surface area (Å²) in [7, 11) is 0. The molecule has 0 bridgehead atoms. The third-order valence-corrected chi connectivity index (χ3v) is 5.78. The summed E-state index contributed by atoms with van der Waals surface area (Å²) in [6.45, 7) is 0.00819. The molecule has 0 unspecified atom stereocenters. The molecule has 3 rings (SSSR count). The van der Waals surface area contributed by atoms with Crippen LogP contribution in [0.5, 0.6) is 5.75 Å². The van der Waals surface area contributed by atoms with Gasteiger partial charge in [0, 0.05) is 4.88 Å². The lowest BCUT2D eigenvalue weighted by Crippen LogP contribution is -2.20. The molecule has 1 aromatic heterocycles. The predicted octanol–water partition coefficient (Wildman–Crippen LogP) is 5.38. The highest BCUT2D eigenvalue weighted by atomic mass is 32.1. The quantitative estimate of drug-likeness (QED) is 0.784.